The number of phosphoric acid groups is 1. The van der Waals surface area contributed by atoms with Gasteiger partial charge in [-0.1, -0.05) is 204 Å². The first-order valence-electron chi connectivity index (χ1n) is 25.2. The fourth-order valence-corrected chi connectivity index (χ4v) is 7.75. The predicted molar refractivity (Wildman–Crippen MR) is 254 cm³/mol. The molecule has 61 heavy (non-hydrogen) atoms. The summed E-state index contributed by atoms with van der Waals surface area (Å²) in [6.45, 7) is 4.13. The molecule has 358 valence electrons. The van der Waals surface area contributed by atoms with Crippen molar-refractivity contribution in [1.82, 2.24) is 0 Å². The van der Waals surface area contributed by atoms with Crippen molar-refractivity contribution in [3.05, 3.63) is 36.5 Å². The molecule has 9 nitrogen and oxygen atoms in total. The molecule has 10 heteroatoms. The molecule has 0 saturated carbocycles. The summed E-state index contributed by atoms with van der Waals surface area (Å²) in [5.74, 6) is -0.845. The molecule has 2 atom stereocenters. The van der Waals surface area contributed by atoms with Gasteiger partial charge >= 0.3 is 11.9 Å². The van der Waals surface area contributed by atoms with Crippen molar-refractivity contribution in [3.63, 3.8) is 0 Å². The lowest BCUT2D eigenvalue weighted by Gasteiger charge is -2.28. The van der Waals surface area contributed by atoms with Gasteiger partial charge in [0.1, 0.15) is 19.8 Å². The third kappa shape index (κ3) is 47.5. The van der Waals surface area contributed by atoms with Gasteiger partial charge in [0.2, 0.25) is 0 Å². The normalized spacial score (nSPS) is 13.7. The standard InChI is InChI=1S/C51H96NO8P/c1-6-8-10-12-14-16-18-20-22-23-24-25-26-27-28-30-31-33-35-37-39-41-43-50(53)57-47-49(48-59-61(55,56)58-46-45-52(3,4)5)60-51(54)44-42-40-38-36-34-32-29-21-19-17-15-13-11-9-7-2/h9,11,15,17,21,29,49H,6-8,10,12-14,16,18-20,22-28,30-48H2,1-5H3/b11-9-,17-15-,29-21-. The summed E-state index contributed by atoms with van der Waals surface area (Å²) in [4.78, 5) is 37.7. The highest BCUT2D eigenvalue weighted by molar-refractivity contribution is 7.45. The second-order valence-corrected chi connectivity index (χ2v) is 19.6. The first-order valence-corrected chi connectivity index (χ1v) is 26.7. The van der Waals surface area contributed by atoms with Gasteiger partial charge in [0, 0.05) is 12.8 Å². The van der Waals surface area contributed by atoms with E-state index in [0.717, 1.165) is 70.6 Å². The Labute approximate surface area is 376 Å². The number of rotatable bonds is 46. The average molecular weight is 882 g/mol. The van der Waals surface area contributed by atoms with Crippen LogP contribution in [0.25, 0.3) is 0 Å². The summed E-state index contributed by atoms with van der Waals surface area (Å²) < 4.78 is 34.0. The Bertz CT molecular complexity index is 1130. The van der Waals surface area contributed by atoms with Crippen LogP contribution < -0.4 is 4.89 Å². The molecule has 0 fully saturated rings. The van der Waals surface area contributed by atoms with Crippen LogP contribution in [0, 0.1) is 0 Å². The van der Waals surface area contributed by atoms with E-state index >= 15 is 0 Å². The van der Waals surface area contributed by atoms with Crippen molar-refractivity contribution >= 4 is 19.8 Å². The van der Waals surface area contributed by atoms with E-state index in [-0.39, 0.29) is 32.0 Å². The zero-order valence-electron chi connectivity index (χ0n) is 40.4. The van der Waals surface area contributed by atoms with E-state index in [1.54, 1.807) is 0 Å². The summed E-state index contributed by atoms with van der Waals surface area (Å²) in [7, 11) is 1.16. The van der Waals surface area contributed by atoms with Crippen LogP contribution in [0.5, 0.6) is 0 Å². The number of carbonyl (C=O) groups is 2. The fourth-order valence-electron chi connectivity index (χ4n) is 7.02. The molecule has 0 aliphatic heterocycles. The maximum absolute atomic E-state index is 12.7. The fraction of sp³-hybridized carbons (Fsp3) is 0.843. The number of phosphoric ester groups is 1. The largest absolute Gasteiger partial charge is 0.756 e. The molecule has 0 saturated heterocycles. The molecule has 0 spiro atoms. The summed E-state index contributed by atoms with van der Waals surface area (Å²) in [5, 5.41) is 0. The van der Waals surface area contributed by atoms with E-state index in [2.05, 4.69) is 50.3 Å². The predicted octanol–water partition coefficient (Wildman–Crippen LogP) is 14.2. The van der Waals surface area contributed by atoms with Crippen molar-refractivity contribution in [1.29, 1.82) is 0 Å². The molecule has 0 aliphatic rings. The maximum atomic E-state index is 12.7. The highest BCUT2D eigenvalue weighted by atomic mass is 31.2. The molecule has 0 bridgehead atoms. The maximum Gasteiger partial charge on any atom is 0.306 e. The third-order valence-corrected chi connectivity index (χ3v) is 11.9. The van der Waals surface area contributed by atoms with Crippen LogP contribution in [-0.2, 0) is 32.7 Å². The molecule has 0 aromatic rings. The Morgan fingerprint density at radius 2 is 0.934 bits per heavy atom. The molecule has 0 amide bonds. The number of nitrogens with zero attached hydrogens (tertiary/aromatic N) is 1. The number of carbonyl (C=O) groups excluding carboxylic acids is 2. The van der Waals surface area contributed by atoms with Crippen LogP contribution in [0.3, 0.4) is 0 Å². The smallest absolute Gasteiger partial charge is 0.306 e. The summed E-state index contributed by atoms with van der Waals surface area (Å²) in [6.07, 6.45) is 50.4. The summed E-state index contributed by atoms with van der Waals surface area (Å²) >= 11 is 0. The molecule has 0 N–H and O–H groups in total. The van der Waals surface area contributed by atoms with Gasteiger partial charge in [-0.15, -0.1) is 0 Å². The number of hydrogen-bond donors (Lipinski definition) is 0. The number of esters is 2. The van der Waals surface area contributed by atoms with Crippen molar-refractivity contribution in [2.75, 3.05) is 47.5 Å². The SMILES string of the molecule is CC/C=C\C/C=C\C/C=C\CCCCCCCC(=O)OC(COC(=O)CCCCCCCCCCCCCCCCCCCCCCCC)COP(=O)([O-])OCC[N+](C)(C)C. The number of hydrogen-bond acceptors (Lipinski definition) is 8. The molecule has 0 heterocycles. The lowest BCUT2D eigenvalue weighted by Crippen LogP contribution is -2.37. The van der Waals surface area contributed by atoms with Gasteiger partial charge < -0.3 is 27.9 Å². The number of ether oxygens (including phenoxy) is 2. The number of quaternary nitrogens is 1. The lowest BCUT2D eigenvalue weighted by molar-refractivity contribution is -0.870. The van der Waals surface area contributed by atoms with Crippen LogP contribution >= 0.6 is 7.82 Å². The van der Waals surface area contributed by atoms with Gasteiger partial charge in [-0.25, -0.2) is 0 Å². The molecular formula is C51H96NO8P. The quantitative estimate of drug-likeness (QED) is 0.0195. The highest BCUT2D eigenvalue weighted by Gasteiger charge is 2.21. The minimum absolute atomic E-state index is 0.0336. The van der Waals surface area contributed by atoms with Crippen molar-refractivity contribution in [2.24, 2.45) is 0 Å². The Morgan fingerprint density at radius 1 is 0.525 bits per heavy atom. The monoisotopic (exact) mass is 882 g/mol. The molecule has 0 aromatic heterocycles. The van der Waals surface area contributed by atoms with Crippen LogP contribution in [0.2, 0.25) is 0 Å². The van der Waals surface area contributed by atoms with Crippen molar-refractivity contribution < 1.29 is 42.1 Å². The van der Waals surface area contributed by atoms with Crippen LogP contribution in [0.15, 0.2) is 36.5 Å². The van der Waals surface area contributed by atoms with E-state index in [1.807, 2.05) is 21.1 Å². The molecule has 0 radical (unpaired) electrons. The van der Waals surface area contributed by atoms with Crippen molar-refractivity contribution in [2.45, 2.75) is 232 Å². The minimum atomic E-state index is -4.63. The lowest BCUT2D eigenvalue weighted by atomic mass is 10.0. The van der Waals surface area contributed by atoms with Gasteiger partial charge in [0.25, 0.3) is 7.82 Å². The van der Waals surface area contributed by atoms with Crippen LogP contribution in [0.4, 0.5) is 0 Å². The van der Waals surface area contributed by atoms with Gasteiger partial charge in [-0.05, 0) is 44.9 Å². The Kier molecular flexibility index (Phi) is 42.2. The number of allylic oxidation sites excluding steroid dienone is 6. The molecule has 0 aliphatic carbocycles. The molecule has 0 rings (SSSR count). The number of unbranched alkanes of at least 4 members (excludes halogenated alkanes) is 26. The molecular weight excluding hydrogens is 786 g/mol. The van der Waals surface area contributed by atoms with Gasteiger partial charge in [-0.3, -0.25) is 14.2 Å². The Morgan fingerprint density at radius 3 is 1.39 bits per heavy atom. The van der Waals surface area contributed by atoms with Crippen LogP contribution in [0.1, 0.15) is 226 Å². The first kappa shape index (κ1) is 59.2. The second-order valence-electron chi connectivity index (χ2n) is 18.2. The van der Waals surface area contributed by atoms with Crippen LogP contribution in [-0.4, -0.2) is 70.0 Å². The van der Waals surface area contributed by atoms with Gasteiger partial charge in [0.15, 0.2) is 6.10 Å². The third-order valence-electron chi connectivity index (χ3n) is 10.9. The molecule has 0 aromatic carbocycles. The zero-order valence-corrected chi connectivity index (χ0v) is 41.3. The van der Waals surface area contributed by atoms with Gasteiger partial charge in [-0.2, -0.15) is 0 Å². The van der Waals surface area contributed by atoms with Crippen molar-refractivity contribution in [3.8, 4) is 0 Å². The second kappa shape index (κ2) is 43.5. The van der Waals surface area contributed by atoms with E-state index in [0.29, 0.717) is 17.4 Å². The van der Waals surface area contributed by atoms with E-state index in [1.165, 1.54) is 122 Å². The Hall–Kier alpha value is -1.77. The number of likely N-dealkylation sites (N-methyl/N-ethyl adjacent to an activating group) is 1. The summed E-state index contributed by atoms with van der Waals surface area (Å²) in [6, 6.07) is 0. The highest BCUT2D eigenvalue weighted by Crippen LogP contribution is 2.38. The minimum Gasteiger partial charge on any atom is -0.756 e. The van der Waals surface area contributed by atoms with E-state index in [4.69, 9.17) is 18.5 Å². The average Bonchev–Trinajstić information content (AvgIpc) is 3.21. The molecule has 2 unspecified atom stereocenters. The first-order chi connectivity index (χ1) is 29.5. The Balaban J connectivity index is 4.21. The zero-order chi connectivity index (χ0) is 45.0. The van der Waals surface area contributed by atoms with Gasteiger partial charge in [0.05, 0.1) is 27.7 Å². The van der Waals surface area contributed by atoms with E-state index < -0.39 is 26.5 Å². The van der Waals surface area contributed by atoms with E-state index in [9.17, 15) is 19.0 Å². The summed E-state index contributed by atoms with van der Waals surface area (Å²) in [5.41, 5.74) is 0. The topological polar surface area (TPSA) is 111 Å².